The molecule has 1 N–H and O–H groups in total. The highest BCUT2D eigenvalue weighted by Crippen LogP contribution is 2.19. The van der Waals surface area contributed by atoms with Crippen molar-refractivity contribution in [1.29, 1.82) is 0 Å². The average Bonchev–Trinajstić information content (AvgIpc) is 3.36. The molecule has 1 fully saturated rings. The standard InChI is InChI=1S/C21H24N6O/c1-15-12-20(27-10-6-7-11-27)24-19(23-15)14-22-21(28)18-13-17(25-26(18)2)16-8-4-3-5-9-16/h3-5,8-9,12-13H,6-7,10-11,14H2,1-2H3,(H,22,28). The lowest BCUT2D eigenvalue weighted by molar-refractivity contribution is 0.0940. The summed E-state index contributed by atoms with van der Waals surface area (Å²) in [6, 6.07) is 13.6. The Kier molecular flexibility index (Phi) is 5.06. The maximum absolute atomic E-state index is 12.7. The molecular weight excluding hydrogens is 352 g/mol. The van der Waals surface area contributed by atoms with Crippen LogP contribution in [0.4, 0.5) is 5.82 Å². The monoisotopic (exact) mass is 376 g/mol. The molecule has 4 rings (SSSR count). The second-order valence-electron chi connectivity index (χ2n) is 7.07. The molecule has 1 aromatic carbocycles. The van der Waals surface area contributed by atoms with Gasteiger partial charge < -0.3 is 10.2 Å². The Morgan fingerprint density at radius 2 is 1.86 bits per heavy atom. The van der Waals surface area contributed by atoms with Crippen molar-refractivity contribution in [1.82, 2.24) is 25.1 Å². The van der Waals surface area contributed by atoms with E-state index in [9.17, 15) is 4.79 Å². The number of rotatable bonds is 5. The highest BCUT2D eigenvalue weighted by molar-refractivity contribution is 5.93. The Morgan fingerprint density at radius 3 is 2.61 bits per heavy atom. The summed E-state index contributed by atoms with van der Waals surface area (Å²) in [5, 5.41) is 7.38. The third-order valence-corrected chi connectivity index (χ3v) is 4.91. The third kappa shape index (κ3) is 3.88. The summed E-state index contributed by atoms with van der Waals surface area (Å²) in [5.74, 6) is 1.38. The number of hydrogen-bond acceptors (Lipinski definition) is 5. The highest BCUT2D eigenvalue weighted by atomic mass is 16.2. The van der Waals surface area contributed by atoms with Crippen LogP contribution in [0.25, 0.3) is 11.3 Å². The van der Waals surface area contributed by atoms with Crippen molar-refractivity contribution in [2.45, 2.75) is 26.3 Å². The molecule has 0 atom stereocenters. The molecule has 0 bridgehead atoms. The van der Waals surface area contributed by atoms with E-state index in [4.69, 9.17) is 0 Å². The van der Waals surface area contributed by atoms with Crippen molar-refractivity contribution >= 4 is 11.7 Å². The fraction of sp³-hybridized carbons (Fsp3) is 0.333. The molecular formula is C21H24N6O. The number of benzene rings is 1. The molecule has 0 saturated carbocycles. The van der Waals surface area contributed by atoms with Crippen molar-refractivity contribution in [3.63, 3.8) is 0 Å². The number of hydrogen-bond donors (Lipinski definition) is 1. The molecule has 144 valence electrons. The molecule has 3 heterocycles. The van der Waals surface area contributed by atoms with Gasteiger partial charge in [-0.15, -0.1) is 0 Å². The van der Waals surface area contributed by atoms with Crippen molar-refractivity contribution < 1.29 is 4.79 Å². The lowest BCUT2D eigenvalue weighted by Gasteiger charge is -2.17. The summed E-state index contributed by atoms with van der Waals surface area (Å²) in [6.07, 6.45) is 2.39. The number of nitrogens with zero attached hydrogens (tertiary/aromatic N) is 5. The molecule has 1 amide bonds. The second kappa shape index (κ2) is 7.80. The van der Waals surface area contributed by atoms with E-state index in [1.54, 1.807) is 17.8 Å². The van der Waals surface area contributed by atoms with E-state index in [1.165, 1.54) is 12.8 Å². The highest BCUT2D eigenvalue weighted by Gasteiger charge is 2.17. The topological polar surface area (TPSA) is 75.9 Å². The van der Waals surface area contributed by atoms with E-state index in [2.05, 4.69) is 25.3 Å². The number of carbonyl (C=O) groups is 1. The Balaban J connectivity index is 1.47. The second-order valence-corrected chi connectivity index (χ2v) is 7.07. The van der Waals surface area contributed by atoms with E-state index in [-0.39, 0.29) is 12.5 Å². The van der Waals surface area contributed by atoms with Crippen molar-refractivity contribution in [2.75, 3.05) is 18.0 Å². The van der Waals surface area contributed by atoms with Crippen LogP contribution in [0.2, 0.25) is 0 Å². The third-order valence-electron chi connectivity index (χ3n) is 4.91. The van der Waals surface area contributed by atoms with Crippen LogP contribution in [-0.4, -0.2) is 38.7 Å². The van der Waals surface area contributed by atoms with Crippen LogP contribution >= 0.6 is 0 Å². The van der Waals surface area contributed by atoms with Gasteiger partial charge in [0.2, 0.25) is 0 Å². The van der Waals surface area contributed by atoms with Gasteiger partial charge in [-0.2, -0.15) is 5.10 Å². The number of aromatic nitrogens is 4. The zero-order chi connectivity index (χ0) is 19.5. The van der Waals surface area contributed by atoms with E-state index >= 15 is 0 Å². The lowest BCUT2D eigenvalue weighted by Crippen LogP contribution is -2.27. The SMILES string of the molecule is Cc1cc(N2CCCC2)nc(CNC(=O)c2cc(-c3ccccc3)nn2C)n1. The molecule has 7 heteroatoms. The molecule has 2 aromatic heterocycles. The van der Waals surface area contributed by atoms with E-state index < -0.39 is 0 Å². The van der Waals surface area contributed by atoms with Crippen molar-refractivity contribution in [2.24, 2.45) is 7.05 Å². The first-order valence-corrected chi connectivity index (χ1v) is 9.57. The van der Waals surface area contributed by atoms with E-state index in [1.807, 2.05) is 43.3 Å². The summed E-state index contributed by atoms with van der Waals surface area (Å²) in [5.41, 5.74) is 3.17. The minimum atomic E-state index is -0.190. The summed E-state index contributed by atoms with van der Waals surface area (Å²) in [4.78, 5) is 24.0. The maximum atomic E-state index is 12.7. The van der Waals surface area contributed by atoms with Gasteiger partial charge in [0.05, 0.1) is 12.2 Å². The molecule has 0 radical (unpaired) electrons. The number of amides is 1. The first-order chi connectivity index (χ1) is 13.6. The quantitative estimate of drug-likeness (QED) is 0.741. The predicted octanol–water partition coefficient (Wildman–Crippen LogP) is 2.72. The van der Waals surface area contributed by atoms with Crippen LogP contribution in [-0.2, 0) is 13.6 Å². The van der Waals surface area contributed by atoms with Crippen LogP contribution in [0.1, 0.15) is 34.8 Å². The molecule has 1 saturated heterocycles. The lowest BCUT2D eigenvalue weighted by atomic mass is 10.1. The Labute approximate surface area is 164 Å². The summed E-state index contributed by atoms with van der Waals surface area (Å²) in [7, 11) is 1.77. The molecule has 0 aliphatic carbocycles. The summed E-state index contributed by atoms with van der Waals surface area (Å²) in [6.45, 7) is 4.30. The molecule has 28 heavy (non-hydrogen) atoms. The van der Waals surface area contributed by atoms with Gasteiger partial charge >= 0.3 is 0 Å². The van der Waals surface area contributed by atoms with Gasteiger partial charge in [0.1, 0.15) is 17.3 Å². The number of nitrogens with one attached hydrogen (secondary N) is 1. The molecule has 0 unspecified atom stereocenters. The van der Waals surface area contributed by atoms with Gasteiger partial charge in [-0.3, -0.25) is 9.48 Å². The first kappa shape index (κ1) is 18.2. The zero-order valence-corrected chi connectivity index (χ0v) is 16.2. The van der Waals surface area contributed by atoms with Crippen LogP contribution in [0.15, 0.2) is 42.5 Å². The fourth-order valence-electron chi connectivity index (χ4n) is 3.48. The van der Waals surface area contributed by atoms with Gasteiger partial charge in [-0.25, -0.2) is 9.97 Å². The molecule has 3 aromatic rings. The van der Waals surface area contributed by atoms with E-state index in [0.29, 0.717) is 11.5 Å². The van der Waals surface area contributed by atoms with Crippen molar-refractivity contribution in [3.8, 4) is 11.3 Å². The van der Waals surface area contributed by atoms with E-state index in [0.717, 1.165) is 35.9 Å². The van der Waals surface area contributed by atoms with Crippen LogP contribution in [0.3, 0.4) is 0 Å². The van der Waals surface area contributed by atoms with Gasteiger partial charge in [0.25, 0.3) is 5.91 Å². The Bertz CT molecular complexity index is 976. The molecule has 1 aliphatic rings. The number of anilines is 1. The summed E-state index contributed by atoms with van der Waals surface area (Å²) >= 11 is 0. The van der Waals surface area contributed by atoms with Crippen molar-refractivity contribution in [3.05, 3.63) is 59.7 Å². The van der Waals surface area contributed by atoms with Gasteiger partial charge in [0.15, 0.2) is 0 Å². The fourth-order valence-corrected chi connectivity index (χ4v) is 3.48. The summed E-state index contributed by atoms with van der Waals surface area (Å²) < 4.78 is 1.60. The van der Waals surface area contributed by atoms with Gasteiger partial charge in [0, 0.05) is 37.5 Å². The van der Waals surface area contributed by atoms with Gasteiger partial charge in [-0.1, -0.05) is 30.3 Å². The number of aryl methyl sites for hydroxylation is 2. The first-order valence-electron chi connectivity index (χ1n) is 9.57. The largest absolute Gasteiger partial charge is 0.357 e. The average molecular weight is 376 g/mol. The Morgan fingerprint density at radius 1 is 1.11 bits per heavy atom. The van der Waals surface area contributed by atoms with Crippen LogP contribution in [0, 0.1) is 6.92 Å². The Hall–Kier alpha value is -3.22. The number of carbonyl (C=O) groups excluding carboxylic acids is 1. The smallest absolute Gasteiger partial charge is 0.269 e. The van der Waals surface area contributed by atoms with Crippen LogP contribution < -0.4 is 10.2 Å². The molecule has 7 nitrogen and oxygen atoms in total. The van der Waals surface area contributed by atoms with Crippen LogP contribution in [0.5, 0.6) is 0 Å². The van der Waals surface area contributed by atoms with Gasteiger partial charge in [-0.05, 0) is 25.8 Å². The minimum Gasteiger partial charge on any atom is -0.357 e. The predicted molar refractivity (Wildman–Crippen MR) is 108 cm³/mol. The molecule has 0 spiro atoms. The maximum Gasteiger partial charge on any atom is 0.269 e. The normalized spacial score (nSPS) is 13.7. The zero-order valence-electron chi connectivity index (χ0n) is 16.2. The minimum absolute atomic E-state index is 0.190. The molecule has 1 aliphatic heterocycles.